The van der Waals surface area contributed by atoms with E-state index in [0.717, 1.165) is 75.8 Å². The van der Waals surface area contributed by atoms with Crippen LogP contribution in [0.4, 0.5) is 22.2 Å². The van der Waals surface area contributed by atoms with E-state index in [2.05, 4.69) is 72.8 Å². The van der Waals surface area contributed by atoms with E-state index in [0.29, 0.717) is 18.2 Å². The number of anilines is 3. The quantitative estimate of drug-likeness (QED) is 0.242. The molecule has 0 unspecified atom stereocenters. The van der Waals surface area contributed by atoms with Gasteiger partial charge in [0.2, 0.25) is 5.95 Å². The van der Waals surface area contributed by atoms with Crippen molar-refractivity contribution in [2.24, 2.45) is 0 Å². The van der Waals surface area contributed by atoms with Gasteiger partial charge < -0.3 is 25.8 Å². The number of nitrogens with one attached hydrogen (secondary N) is 3. The predicted molar refractivity (Wildman–Crippen MR) is 153 cm³/mol. The number of carbonyl (C=O) groups is 1. The first-order valence-electron chi connectivity index (χ1n) is 12.7. The van der Waals surface area contributed by atoms with Gasteiger partial charge in [-0.3, -0.25) is 4.90 Å². The standard InChI is InChI=1S/C26H40N8OS/c1-4-21-19-23(8-7-22(21)20-33-15-13-32(5-2)14-16-33)30-26(35)29-10-6-12-34(17-18-36)24-9-11-28-25(27-3)31-24/h4,7-9,11,19,36H,1,5-6,10,12-18,20H2,2-3H3,(H,27,28,31)(H2,29,30,35). The van der Waals surface area contributed by atoms with Crippen molar-refractivity contribution in [3.63, 3.8) is 0 Å². The van der Waals surface area contributed by atoms with Gasteiger partial charge in [-0.05, 0) is 42.3 Å². The van der Waals surface area contributed by atoms with Crippen LogP contribution < -0.4 is 20.9 Å². The second-order valence-corrected chi connectivity index (χ2v) is 9.21. The molecule has 0 bridgehead atoms. The van der Waals surface area contributed by atoms with Gasteiger partial charge in [0, 0.05) is 77.0 Å². The van der Waals surface area contributed by atoms with E-state index in [1.165, 1.54) is 5.56 Å². The molecule has 1 aromatic heterocycles. The van der Waals surface area contributed by atoms with E-state index in [4.69, 9.17) is 0 Å². The number of nitrogens with zero attached hydrogens (tertiary/aromatic N) is 5. The summed E-state index contributed by atoms with van der Waals surface area (Å²) in [5.74, 6) is 2.14. The molecule has 1 aromatic carbocycles. The van der Waals surface area contributed by atoms with Crippen molar-refractivity contribution in [3.05, 3.63) is 48.2 Å². The van der Waals surface area contributed by atoms with Gasteiger partial charge in [0.1, 0.15) is 5.82 Å². The Labute approximate surface area is 220 Å². The zero-order valence-corrected chi connectivity index (χ0v) is 22.4. The van der Waals surface area contributed by atoms with Crippen LogP contribution in [0.3, 0.4) is 0 Å². The monoisotopic (exact) mass is 512 g/mol. The van der Waals surface area contributed by atoms with E-state index in [-0.39, 0.29) is 6.03 Å². The molecule has 1 saturated heterocycles. The Hall–Kier alpha value is -2.82. The van der Waals surface area contributed by atoms with Crippen LogP contribution in [-0.2, 0) is 6.54 Å². The Kier molecular flexibility index (Phi) is 11.3. The molecule has 196 valence electrons. The highest BCUT2D eigenvalue weighted by molar-refractivity contribution is 7.80. The van der Waals surface area contributed by atoms with Crippen molar-refractivity contribution in [3.8, 4) is 0 Å². The number of carbonyl (C=O) groups excluding carboxylic acids is 1. The lowest BCUT2D eigenvalue weighted by Crippen LogP contribution is -2.45. The van der Waals surface area contributed by atoms with Gasteiger partial charge in [-0.25, -0.2) is 9.78 Å². The van der Waals surface area contributed by atoms with Crippen molar-refractivity contribution in [2.75, 3.05) is 80.7 Å². The Morgan fingerprint density at radius 3 is 2.67 bits per heavy atom. The zero-order chi connectivity index (χ0) is 25.8. The van der Waals surface area contributed by atoms with Crippen LogP contribution in [0.1, 0.15) is 24.5 Å². The summed E-state index contributed by atoms with van der Waals surface area (Å²) in [6, 6.07) is 7.72. The van der Waals surface area contributed by atoms with Crippen LogP contribution in [0, 0.1) is 0 Å². The van der Waals surface area contributed by atoms with E-state index in [1.807, 2.05) is 24.3 Å². The molecule has 36 heavy (non-hydrogen) atoms. The number of urea groups is 1. The number of benzene rings is 1. The molecular formula is C26H40N8OS. The second kappa shape index (κ2) is 14.7. The summed E-state index contributed by atoms with van der Waals surface area (Å²) < 4.78 is 0. The van der Waals surface area contributed by atoms with Crippen LogP contribution in [0.25, 0.3) is 6.08 Å². The Morgan fingerprint density at radius 2 is 1.97 bits per heavy atom. The molecule has 3 N–H and O–H groups in total. The highest BCUT2D eigenvalue weighted by Gasteiger charge is 2.16. The van der Waals surface area contributed by atoms with Gasteiger partial charge in [-0.1, -0.05) is 25.6 Å². The summed E-state index contributed by atoms with van der Waals surface area (Å²) in [6.07, 6.45) is 4.38. The smallest absolute Gasteiger partial charge is 0.319 e. The fraction of sp³-hybridized carbons (Fsp3) is 0.500. The Morgan fingerprint density at radius 1 is 1.19 bits per heavy atom. The van der Waals surface area contributed by atoms with Crippen LogP contribution in [0.2, 0.25) is 0 Å². The van der Waals surface area contributed by atoms with Crippen molar-refractivity contribution in [1.29, 1.82) is 0 Å². The molecule has 0 radical (unpaired) electrons. The third-order valence-corrected chi connectivity index (χ3v) is 6.58. The average Bonchev–Trinajstić information content (AvgIpc) is 2.91. The zero-order valence-electron chi connectivity index (χ0n) is 21.5. The number of aromatic nitrogens is 2. The first kappa shape index (κ1) is 27.8. The summed E-state index contributed by atoms with van der Waals surface area (Å²) >= 11 is 4.37. The minimum absolute atomic E-state index is 0.214. The summed E-state index contributed by atoms with van der Waals surface area (Å²) in [4.78, 5) is 28.3. The number of likely N-dealkylation sites (N-methyl/N-ethyl adjacent to an activating group) is 1. The fourth-order valence-electron chi connectivity index (χ4n) is 4.27. The SMILES string of the molecule is C=Cc1cc(NC(=O)NCCCN(CCS)c2ccnc(NC)n2)ccc1CN1CCN(CC)CC1. The van der Waals surface area contributed by atoms with Crippen LogP contribution in [-0.4, -0.2) is 91.0 Å². The molecule has 2 amide bonds. The predicted octanol–water partition coefficient (Wildman–Crippen LogP) is 3.25. The second-order valence-electron chi connectivity index (χ2n) is 8.76. The third kappa shape index (κ3) is 8.39. The summed E-state index contributed by atoms with van der Waals surface area (Å²) in [6.45, 7) is 14.7. The minimum Gasteiger partial charge on any atom is -0.357 e. The molecule has 1 fully saturated rings. The van der Waals surface area contributed by atoms with Crippen molar-refractivity contribution < 1.29 is 4.79 Å². The van der Waals surface area contributed by atoms with E-state index in [1.54, 1.807) is 13.2 Å². The highest BCUT2D eigenvalue weighted by Crippen LogP contribution is 2.20. The van der Waals surface area contributed by atoms with Crippen molar-refractivity contribution in [2.45, 2.75) is 19.9 Å². The van der Waals surface area contributed by atoms with E-state index in [9.17, 15) is 4.79 Å². The molecule has 1 aliphatic rings. The lowest BCUT2D eigenvalue weighted by atomic mass is 10.1. The maximum absolute atomic E-state index is 12.5. The fourth-order valence-corrected chi connectivity index (χ4v) is 4.51. The average molecular weight is 513 g/mol. The molecular weight excluding hydrogens is 472 g/mol. The number of rotatable bonds is 13. The molecule has 10 heteroatoms. The molecule has 0 spiro atoms. The van der Waals surface area contributed by atoms with Crippen LogP contribution >= 0.6 is 12.6 Å². The number of thiol groups is 1. The molecule has 9 nitrogen and oxygen atoms in total. The maximum atomic E-state index is 12.5. The molecule has 3 rings (SSSR count). The molecule has 0 saturated carbocycles. The van der Waals surface area contributed by atoms with Gasteiger partial charge in [0.05, 0.1) is 0 Å². The largest absolute Gasteiger partial charge is 0.357 e. The normalized spacial score (nSPS) is 14.3. The number of hydrogen-bond acceptors (Lipinski definition) is 8. The Bertz CT molecular complexity index is 980. The lowest BCUT2D eigenvalue weighted by molar-refractivity contribution is 0.132. The highest BCUT2D eigenvalue weighted by atomic mass is 32.1. The van der Waals surface area contributed by atoms with E-state index >= 15 is 0 Å². The Balaban J connectivity index is 1.46. The molecule has 1 aliphatic heterocycles. The number of piperazine rings is 1. The van der Waals surface area contributed by atoms with Gasteiger partial charge in [-0.2, -0.15) is 17.6 Å². The molecule has 0 aliphatic carbocycles. The van der Waals surface area contributed by atoms with Crippen LogP contribution in [0.15, 0.2) is 37.0 Å². The van der Waals surface area contributed by atoms with Gasteiger partial charge in [0.25, 0.3) is 0 Å². The molecule has 0 atom stereocenters. The first-order valence-corrected chi connectivity index (χ1v) is 13.3. The number of amides is 2. The number of hydrogen-bond donors (Lipinski definition) is 4. The maximum Gasteiger partial charge on any atom is 0.319 e. The molecule has 2 heterocycles. The summed E-state index contributed by atoms with van der Waals surface area (Å²) in [7, 11) is 1.80. The van der Waals surface area contributed by atoms with Crippen molar-refractivity contribution >= 4 is 42.2 Å². The summed E-state index contributed by atoms with van der Waals surface area (Å²) in [5, 5.41) is 8.86. The van der Waals surface area contributed by atoms with Crippen LogP contribution in [0.5, 0.6) is 0 Å². The van der Waals surface area contributed by atoms with Gasteiger partial charge >= 0.3 is 6.03 Å². The first-order chi connectivity index (χ1) is 17.6. The van der Waals surface area contributed by atoms with Crippen molar-refractivity contribution in [1.82, 2.24) is 25.1 Å². The van der Waals surface area contributed by atoms with Gasteiger partial charge in [-0.15, -0.1) is 0 Å². The lowest BCUT2D eigenvalue weighted by Gasteiger charge is -2.34. The van der Waals surface area contributed by atoms with E-state index < -0.39 is 0 Å². The third-order valence-electron chi connectivity index (χ3n) is 6.38. The molecule has 2 aromatic rings. The van der Waals surface area contributed by atoms with Gasteiger partial charge in [0.15, 0.2) is 0 Å². The minimum atomic E-state index is -0.214. The summed E-state index contributed by atoms with van der Waals surface area (Å²) in [5.41, 5.74) is 3.05. The topological polar surface area (TPSA) is 88.7 Å².